The molecule has 3 N–H and O–H groups in total. The molecule has 0 saturated heterocycles. The Morgan fingerprint density at radius 1 is 1.40 bits per heavy atom. The van der Waals surface area contributed by atoms with E-state index < -0.39 is 5.82 Å². The Morgan fingerprint density at radius 3 is 2.60 bits per heavy atom. The fourth-order valence-corrected chi connectivity index (χ4v) is 0.751. The van der Waals surface area contributed by atoms with Crippen LogP contribution in [0.1, 0.15) is 5.56 Å². The van der Waals surface area contributed by atoms with Crippen molar-refractivity contribution in [3.8, 4) is 5.75 Å². The van der Waals surface area contributed by atoms with Crippen LogP contribution in [0.4, 0.5) is 4.39 Å². The zero-order valence-electron chi connectivity index (χ0n) is 5.34. The fourth-order valence-electron chi connectivity index (χ4n) is 0.751. The molecule has 0 aliphatic carbocycles. The van der Waals surface area contributed by atoms with Gasteiger partial charge < -0.3 is 10.8 Å². The first-order valence-corrected chi connectivity index (χ1v) is 2.91. The SMILES string of the molecule is NCc1cc(O)cc(F)c1. The van der Waals surface area contributed by atoms with Crippen LogP contribution < -0.4 is 5.73 Å². The maximum Gasteiger partial charge on any atom is 0.127 e. The Bertz CT molecular complexity index is 217. The lowest BCUT2D eigenvalue weighted by molar-refractivity contribution is 0.468. The van der Waals surface area contributed by atoms with Crippen molar-refractivity contribution < 1.29 is 9.50 Å². The summed E-state index contributed by atoms with van der Waals surface area (Å²) in [6, 6.07) is 3.77. The van der Waals surface area contributed by atoms with Crippen LogP contribution >= 0.6 is 0 Å². The van der Waals surface area contributed by atoms with E-state index in [1.54, 1.807) is 0 Å². The van der Waals surface area contributed by atoms with Gasteiger partial charge in [-0.1, -0.05) is 0 Å². The molecule has 0 aliphatic rings. The summed E-state index contributed by atoms with van der Waals surface area (Å²) in [6.45, 7) is 0.241. The van der Waals surface area contributed by atoms with E-state index in [0.29, 0.717) is 5.56 Å². The molecule has 0 radical (unpaired) electrons. The standard InChI is InChI=1S/C7H8FNO/c8-6-1-5(4-9)2-7(10)3-6/h1-3,10H,4,9H2. The van der Waals surface area contributed by atoms with Gasteiger partial charge in [0.2, 0.25) is 0 Å². The largest absolute Gasteiger partial charge is 0.508 e. The van der Waals surface area contributed by atoms with Crippen molar-refractivity contribution >= 4 is 0 Å². The van der Waals surface area contributed by atoms with Gasteiger partial charge in [-0.2, -0.15) is 0 Å². The van der Waals surface area contributed by atoms with Crippen LogP contribution in [-0.2, 0) is 6.54 Å². The van der Waals surface area contributed by atoms with Gasteiger partial charge in [-0.3, -0.25) is 0 Å². The zero-order valence-corrected chi connectivity index (χ0v) is 5.34. The summed E-state index contributed by atoms with van der Waals surface area (Å²) in [5.41, 5.74) is 5.80. The maximum atomic E-state index is 12.4. The third-order valence-corrected chi connectivity index (χ3v) is 1.18. The molecule has 0 bridgehead atoms. The van der Waals surface area contributed by atoms with Crippen LogP contribution in [0, 0.1) is 5.82 Å². The lowest BCUT2D eigenvalue weighted by Crippen LogP contribution is -1.96. The molecule has 1 aromatic rings. The summed E-state index contributed by atoms with van der Waals surface area (Å²) >= 11 is 0. The van der Waals surface area contributed by atoms with Crippen LogP contribution in [0.3, 0.4) is 0 Å². The second-order valence-electron chi connectivity index (χ2n) is 2.02. The van der Waals surface area contributed by atoms with Crippen LogP contribution in [0.15, 0.2) is 18.2 Å². The van der Waals surface area contributed by atoms with Crippen LogP contribution in [0.5, 0.6) is 5.75 Å². The Morgan fingerprint density at radius 2 is 2.10 bits per heavy atom. The molecular formula is C7H8FNO. The average Bonchev–Trinajstić information content (AvgIpc) is 1.85. The molecule has 2 nitrogen and oxygen atoms in total. The number of halogens is 1. The summed E-state index contributed by atoms with van der Waals surface area (Å²) in [7, 11) is 0. The number of aromatic hydroxyl groups is 1. The summed E-state index contributed by atoms with van der Waals surface area (Å²) in [4.78, 5) is 0. The minimum absolute atomic E-state index is 0.0829. The summed E-state index contributed by atoms with van der Waals surface area (Å²) in [6.07, 6.45) is 0. The lowest BCUT2D eigenvalue weighted by Gasteiger charge is -1.97. The van der Waals surface area contributed by atoms with Crippen molar-refractivity contribution in [3.05, 3.63) is 29.6 Å². The highest BCUT2D eigenvalue weighted by Gasteiger charge is 1.96. The van der Waals surface area contributed by atoms with Crippen molar-refractivity contribution in [2.45, 2.75) is 6.54 Å². The van der Waals surface area contributed by atoms with Crippen LogP contribution in [0.25, 0.3) is 0 Å². The van der Waals surface area contributed by atoms with E-state index in [-0.39, 0.29) is 12.3 Å². The summed E-state index contributed by atoms with van der Waals surface area (Å²) < 4.78 is 12.4. The van der Waals surface area contributed by atoms with E-state index in [0.717, 1.165) is 6.07 Å². The Kier molecular flexibility index (Phi) is 1.87. The molecule has 0 atom stereocenters. The first-order valence-electron chi connectivity index (χ1n) is 2.91. The molecule has 0 heterocycles. The van der Waals surface area contributed by atoms with Crippen molar-refractivity contribution in [3.63, 3.8) is 0 Å². The number of rotatable bonds is 1. The predicted molar refractivity (Wildman–Crippen MR) is 36.0 cm³/mol. The fraction of sp³-hybridized carbons (Fsp3) is 0.143. The smallest absolute Gasteiger partial charge is 0.127 e. The quantitative estimate of drug-likeness (QED) is 0.612. The van der Waals surface area contributed by atoms with E-state index in [2.05, 4.69) is 0 Å². The van der Waals surface area contributed by atoms with Gasteiger partial charge in [0.15, 0.2) is 0 Å². The molecule has 10 heavy (non-hydrogen) atoms. The normalized spacial score (nSPS) is 9.80. The molecule has 1 rings (SSSR count). The van der Waals surface area contributed by atoms with Gasteiger partial charge in [0.25, 0.3) is 0 Å². The molecule has 0 spiro atoms. The van der Waals surface area contributed by atoms with Crippen LogP contribution in [-0.4, -0.2) is 5.11 Å². The molecule has 0 saturated carbocycles. The van der Waals surface area contributed by atoms with Crippen molar-refractivity contribution in [2.75, 3.05) is 0 Å². The first kappa shape index (κ1) is 7.02. The van der Waals surface area contributed by atoms with Crippen molar-refractivity contribution in [2.24, 2.45) is 5.73 Å². The van der Waals surface area contributed by atoms with E-state index >= 15 is 0 Å². The number of phenolic OH excluding ortho intramolecular Hbond substituents is 1. The van der Waals surface area contributed by atoms with E-state index in [1.165, 1.54) is 12.1 Å². The average molecular weight is 141 g/mol. The highest BCUT2D eigenvalue weighted by molar-refractivity contribution is 5.27. The van der Waals surface area contributed by atoms with Gasteiger partial charge in [-0.25, -0.2) is 4.39 Å². The number of hydrogen-bond donors (Lipinski definition) is 2. The van der Waals surface area contributed by atoms with E-state index in [9.17, 15) is 4.39 Å². The molecule has 0 fully saturated rings. The van der Waals surface area contributed by atoms with E-state index in [1.807, 2.05) is 0 Å². The Balaban J connectivity index is 3.06. The van der Waals surface area contributed by atoms with Gasteiger partial charge in [-0.15, -0.1) is 0 Å². The predicted octanol–water partition coefficient (Wildman–Crippen LogP) is 0.990. The second kappa shape index (κ2) is 2.66. The molecule has 0 aromatic heterocycles. The molecule has 0 unspecified atom stereocenters. The van der Waals surface area contributed by atoms with E-state index in [4.69, 9.17) is 10.8 Å². The number of nitrogens with two attached hydrogens (primary N) is 1. The molecular weight excluding hydrogens is 133 g/mol. The Hall–Kier alpha value is -1.09. The van der Waals surface area contributed by atoms with Gasteiger partial charge >= 0.3 is 0 Å². The van der Waals surface area contributed by atoms with Gasteiger partial charge in [0.1, 0.15) is 11.6 Å². The summed E-state index contributed by atoms with van der Waals surface area (Å²) in [5, 5.41) is 8.83. The highest BCUT2D eigenvalue weighted by atomic mass is 19.1. The minimum atomic E-state index is -0.458. The molecule has 54 valence electrons. The molecule has 1 aromatic carbocycles. The van der Waals surface area contributed by atoms with Crippen molar-refractivity contribution in [1.82, 2.24) is 0 Å². The molecule has 3 heteroatoms. The molecule has 0 aliphatic heterocycles. The van der Waals surface area contributed by atoms with Gasteiger partial charge in [-0.05, 0) is 17.7 Å². The zero-order chi connectivity index (χ0) is 7.56. The monoisotopic (exact) mass is 141 g/mol. The third-order valence-electron chi connectivity index (χ3n) is 1.18. The minimum Gasteiger partial charge on any atom is -0.508 e. The maximum absolute atomic E-state index is 12.4. The second-order valence-corrected chi connectivity index (χ2v) is 2.02. The summed E-state index contributed by atoms with van der Waals surface area (Å²) in [5.74, 6) is -0.541. The van der Waals surface area contributed by atoms with Crippen LogP contribution in [0.2, 0.25) is 0 Å². The van der Waals surface area contributed by atoms with Gasteiger partial charge in [0.05, 0.1) is 0 Å². The lowest BCUT2D eigenvalue weighted by atomic mass is 10.2. The third kappa shape index (κ3) is 1.45. The number of benzene rings is 1. The van der Waals surface area contributed by atoms with Gasteiger partial charge in [0, 0.05) is 12.6 Å². The highest BCUT2D eigenvalue weighted by Crippen LogP contribution is 2.13. The number of hydrogen-bond acceptors (Lipinski definition) is 2. The number of phenols is 1. The first-order chi connectivity index (χ1) is 4.72. The topological polar surface area (TPSA) is 46.2 Å². The Labute approximate surface area is 58.1 Å². The molecule has 0 amide bonds. The van der Waals surface area contributed by atoms with Crippen molar-refractivity contribution in [1.29, 1.82) is 0 Å².